The lowest BCUT2D eigenvalue weighted by Gasteiger charge is -2.09. The Hall–Kier alpha value is -3.29. The number of carbonyl (C=O) groups excluding carboxylic acids is 1. The van der Waals surface area contributed by atoms with E-state index in [0.29, 0.717) is 23.2 Å². The zero-order valence-electron chi connectivity index (χ0n) is 15.1. The van der Waals surface area contributed by atoms with Gasteiger partial charge in [0.05, 0.1) is 12.2 Å². The summed E-state index contributed by atoms with van der Waals surface area (Å²) in [7, 11) is 0. The number of nitrogens with one attached hydrogen (secondary N) is 1. The van der Waals surface area contributed by atoms with E-state index in [4.69, 9.17) is 4.74 Å². The number of hydrogen-bond donors (Lipinski definition) is 1. The number of benzene rings is 2. The molecular formula is C19H20FN5O2. The molecule has 2 aromatic carbocycles. The second-order valence-corrected chi connectivity index (χ2v) is 6.28. The van der Waals surface area contributed by atoms with E-state index in [9.17, 15) is 9.18 Å². The summed E-state index contributed by atoms with van der Waals surface area (Å²) in [5.41, 5.74) is 1.68. The van der Waals surface area contributed by atoms with Crippen LogP contribution in [0.5, 0.6) is 5.75 Å². The van der Waals surface area contributed by atoms with Crippen molar-refractivity contribution < 1.29 is 13.9 Å². The van der Waals surface area contributed by atoms with Crippen molar-refractivity contribution in [2.45, 2.75) is 26.3 Å². The average Bonchev–Trinajstić information content (AvgIpc) is 3.13. The van der Waals surface area contributed by atoms with Crippen molar-refractivity contribution in [3.8, 4) is 11.4 Å². The molecule has 0 saturated heterocycles. The molecule has 7 nitrogen and oxygen atoms in total. The minimum Gasteiger partial charge on any atom is -0.484 e. The standard InChI is InChI=1S/C19H20FN5O2/c1-13(2)14-6-8-17(9-7-14)27-12-19(26)21-11-18-22-23-24-25(18)16-5-3-4-15(20)10-16/h3-10,13H,11-12H2,1-2H3,(H,21,26). The Morgan fingerprint density at radius 1 is 1.22 bits per heavy atom. The predicted molar refractivity (Wildman–Crippen MR) is 97.0 cm³/mol. The Kier molecular flexibility index (Phi) is 5.75. The van der Waals surface area contributed by atoms with Gasteiger partial charge in [0, 0.05) is 0 Å². The number of nitrogens with zero attached hydrogens (tertiary/aromatic N) is 4. The second kappa shape index (κ2) is 8.39. The maximum atomic E-state index is 13.4. The predicted octanol–water partition coefficient (Wildman–Crippen LogP) is 2.62. The van der Waals surface area contributed by atoms with Crippen molar-refractivity contribution in [2.24, 2.45) is 0 Å². The molecule has 1 amide bonds. The van der Waals surface area contributed by atoms with E-state index in [1.54, 1.807) is 12.1 Å². The molecule has 3 rings (SSSR count). The SMILES string of the molecule is CC(C)c1ccc(OCC(=O)NCc2nnnn2-c2cccc(F)c2)cc1. The Labute approximate surface area is 156 Å². The first kappa shape index (κ1) is 18.5. The fourth-order valence-corrected chi connectivity index (χ4v) is 2.45. The Morgan fingerprint density at radius 2 is 2.00 bits per heavy atom. The van der Waals surface area contributed by atoms with Gasteiger partial charge < -0.3 is 10.1 Å². The van der Waals surface area contributed by atoms with Gasteiger partial charge in [0.25, 0.3) is 5.91 Å². The van der Waals surface area contributed by atoms with Crippen LogP contribution in [0.2, 0.25) is 0 Å². The normalized spacial score (nSPS) is 10.8. The van der Waals surface area contributed by atoms with Crippen molar-refractivity contribution in [3.63, 3.8) is 0 Å². The molecule has 1 heterocycles. The van der Waals surface area contributed by atoms with Gasteiger partial charge in [0.1, 0.15) is 11.6 Å². The average molecular weight is 369 g/mol. The van der Waals surface area contributed by atoms with Gasteiger partial charge in [0.2, 0.25) is 0 Å². The molecule has 0 saturated carbocycles. The van der Waals surface area contributed by atoms with E-state index >= 15 is 0 Å². The molecule has 0 aliphatic heterocycles. The second-order valence-electron chi connectivity index (χ2n) is 6.28. The van der Waals surface area contributed by atoms with Gasteiger partial charge >= 0.3 is 0 Å². The van der Waals surface area contributed by atoms with E-state index in [2.05, 4.69) is 34.7 Å². The van der Waals surface area contributed by atoms with Crippen molar-refractivity contribution in [3.05, 3.63) is 65.7 Å². The van der Waals surface area contributed by atoms with Crippen LogP contribution in [0.15, 0.2) is 48.5 Å². The third-order valence-electron chi connectivity index (χ3n) is 3.95. The maximum Gasteiger partial charge on any atom is 0.258 e. The van der Waals surface area contributed by atoms with Crippen LogP contribution < -0.4 is 10.1 Å². The number of hydrogen-bond acceptors (Lipinski definition) is 5. The summed E-state index contributed by atoms with van der Waals surface area (Å²) in [6, 6.07) is 13.5. The molecule has 8 heteroatoms. The fourth-order valence-electron chi connectivity index (χ4n) is 2.45. The van der Waals surface area contributed by atoms with Crippen LogP contribution in [0, 0.1) is 5.82 Å². The molecule has 1 aromatic heterocycles. The molecule has 1 N–H and O–H groups in total. The minimum absolute atomic E-state index is 0.0952. The van der Waals surface area contributed by atoms with E-state index in [1.165, 1.54) is 22.4 Å². The first-order valence-electron chi connectivity index (χ1n) is 8.55. The first-order chi connectivity index (χ1) is 13.0. The van der Waals surface area contributed by atoms with Gasteiger partial charge in [-0.15, -0.1) is 5.10 Å². The summed E-state index contributed by atoms with van der Waals surface area (Å²) in [4.78, 5) is 12.0. The Bertz CT molecular complexity index is 908. The van der Waals surface area contributed by atoms with Crippen LogP contribution in [-0.4, -0.2) is 32.7 Å². The Morgan fingerprint density at radius 3 is 2.70 bits per heavy atom. The Balaban J connectivity index is 1.53. The third kappa shape index (κ3) is 4.87. The number of tetrazole rings is 1. The molecule has 0 fully saturated rings. The van der Waals surface area contributed by atoms with Gasteiger partial charge in [-0.05, 0) is 52.2 Å². The zero-order valence-corrected chi connectivity index (χ0v) is 15.1. The number of rotatable bonds is 7. The van der Waals surface area contributed by atoms with E-state index in [-0.39, 0.29) is 19.1 Å². The van der Waals surface area contributed by atoms with Crippen LogP contribution >= 0.6 is 0 Å². The van der Waals surface area contributed by atoms with E-state index in [0.717, 1.165) is 0 Å². The summed E-state index contributed by atoms with van der Waals surface area (Å²) in [6.45, 7) is 4.20. The third-order valence-corrected chi connectivity index (χ3v) is 3.95. The summed E-state index contributed by atoms with van der Waals surface area (Å²) in [6.07, 6.45) is 0. The number of carbonyl (C=O) groups is 1. The van der Waals surface area contributed by atoms with Crippen LogP contribution in [0.1, 0.15) is 31.2 Å². The minimum atomic E-state index is -0.394. The summed E-state index contributed by atoms with van der Waals surface area (Å²) in [5, 5.41) is 14.0. The highest BCUT2D eigenvalue weighted by Crippen LogP contribution is 2.18. The highest BCUT2D eigenvalue weighted by molar-refractivity contribution is 5.77. The molecule has 140 valence electrons. The van der Waals surface area contributed by atoms with Gasteiger partial charge in [-0.2, -0.15) is 4.68 Å². The molecule has 27 heavy (non-hydrogen) atoms. The molecule has 3 aromatic rings. The van der Waals surface area contributed by atoms with Crippen molar-refractivity contribution in [1.82, 2.24) is 25.5 Å². The van der Waals surface area contributed by atoms with Gasteiger partial charge in [0.15, 0.2) is 12.4 Å². The molecule has 0 aliphatic rings. The van der Waals surface area contributed by atoms with Crippen LogP contribution in [0.25, 0.3) is 5.69 Å². The monoisotopic (exact) mass is 369 g/mol. The smallest absolute Gasteiger partial charge is 0.258 e. The van der Waals surface area contributed by atoms with Crippen LogP contribution in [-0.2, 0) is 11.3 Å². The molecule has 0 atom stereocenters. The molecule has 0 bridgehead atoms. The maximum absolute atomic E-state index is 13.4. The largest absolute Gasteiger partial charge is 0.484 e. The summed E-state index contributed by atoms with van der Waals surface area (Å²) >= 11 is 0. The number of amides is 1. The lowest BCUT2D eigenvalue weighted by atomic mass is 10.0. The van der Waals surface area contributed by atoms with Gasteiger partial charge in [-0.3, -0.25) is 4.79 Å². The number of aromatic nitrogens is 4. The molecule has 0 unspecified atom stereocenters. The lowest BCUT2D eigenvalue weighted by molar-refractivity contribution is -0.123. The molecule has 0 spiro atoms. The number of halogens is 1. The summed E-state index contributed by atoms with van der Waals surface area (Å²) < 4.78 is 20.2. The first-order valence-corrected chi connectivity index (χ1v) is 8.55. The summed E-state index contributed by atoms with van der Waals surface area (Å²) in [5.74, 6) is 0.743. The van der Waals surface area contributed by atoms with Gasteiger partial charge in [-0.1, -0.05) is 32.0 Å². The molecule has 0 aliphatic carbocycles. The van der Waals surface area contributed by atoms with Crippen LogP contribution in [0.4, 0.5) is 4.39 Å². The van der Waals surface area contributed by atoms with Gasteiger partial charge in [-0.25, -0.2) is 4.39 Å². The van der Waals surface area contributed by atoms with E-state index in [1.807, 2.05) is 24.3 Å². The quantitative estimate of drug-likeness (QED) is 0.692. The van der Waals surface area contributed by atoms with Crippen molar-refractivity contribution >= 4 is 5.91 Å². The topological polar surface area (TPSA) is 81.9 Å². The van der Waals surface area contributed by atoms with Crippen molar-refractivity contribution in [1.29, 1.82) is 0 Å². The van der Waals surface area contributed by atoms with Crippen molar-refractivity contribution in [2.75, 3.05) is 6.61 Å². The van der Waals surface area contributed by atoms with E-state index < -0.39 is 5.82 Å². The molecular weight excluding hydrogens is 349 g/mol. The fraction of sp³-hybridized carbons (Fsp3) is 0.263. The van der Waals surface area contributed by atoms with Crippen LogP contribution in [0.3, 0.4) is 0 Å². The zero-order chi connectivity index (χ0) is 19.2. The molecule has 0 radical (unpaired) electrons. The number of ether oxygens (including phenoxy) is 1. The highest BCUT2D eigenvalue weighted by Gasteiger charge is 2.11. The highest BCUT2D eigenvalue weighted by atomic mass is 19.1. The lowest BCUT2D eigenvalue weighted by Crippen LogP contribution is -2.29.